The molecule has 6 nitrogen and oxygen atoms in total. The molecule has 176 valence electrons. The van der Waals surface area contributed by atoms with Gasteiger partial charge in [-0.05, 0) is 49.6 Å². The summed E-state index contributed by atoms with van der Waals surface area (Å²) in [6.45, 7) is 1.79. The number of alkyl halides is 3. The maximum absolute atomic E-state index is 12.7. The molecule has 2 rings (SSSR count). The smallest absolute Gasteiger partial charge is 0.376 e. The molecule has 11 heteroatoms. The summed E-state index contributed by atoms with van der Waals surface area (Å²) in [6, 6.07) is 8.82. The lowest BCUT2D eigenvalue weighted by Crippen LogP contribution is -2.41. The second-order valence-corrected chi connectivity index (χ2v) is 9.89. The molecule has 0 radical (unpaired) electrons. The maximum Gasteiger partial charge on any atom is 0.469 e. The molecule has 0 aliphatic heterocycles. The fraction of sp³-hybridized carbons (Fsp3) is 0.429. The van der Waals surface area contributed by atoms with Crippen molar-refractivity contribution in [3.63, 3.8) is 0 Å². The van der Waals surface area contributed by atoms with Crippen LogP contribution in [0.1, 0.15) is 40.6 Å². The lowest BCUT2D eigenvalue weighted by atomic mass is 9.98. The first-order valence-electron chi connectivity index (χ1n) is 9.64. The van der Waals surface area contributed by atoms with Crippen LogP contribution in [0.2, 0.25) is 0 Å². The number of hydrogen-bond acceptors (Lipinski definition) is 5. The van der Waals surface area contributed by atoms with Crippen LogP contribution in [-0.2, 0) is 33.0 Å². The van der Waals surface area contributed by atoms with Crippen molar-refractivity contribution in [3.8, 4) is 11.8 Å². The van der Waals surface area contributed by atoms with Crippen molar-refractivity contribution in [2.45, 2.75) is 44.5 Å². The van der Waals surface area contributed by atoms with E-state index >= 15 is 0 Å². The molecule has 1 heterocycles. The van der Waals surface area contributed by atoms with Crippen molar-refractivity contribution in [2.75, 3.05) is 13.2 Å². The van der Waals surface area contributed by atoms with Gasteiger partial charge in [0.2, 0.25) is 0 Å². The Morgan fingerprint density at radius 2 is 1.97 bits per heavy atom. The summed E-state index contributed by atoms with van der Waals surface area (Å²) in [5, 5.41) is 0. The summed E-state index contributed by atoms with van der Waals surface area (Å²) in [5.74, 6) is 5.99. The van der Waals surface area contributed by atoms with Crippen molar-refractivity contribution in [1.82, 2.24) is 0 Å². The number of ether oxygens (including phenoxy) is 1. The van der Waals surface area contributed by atoms with E-state index in [1.807, 2.05) is 12.1 Å². The molecule has 1 atom stereocenters. The standard InChI is InChI=1S/C21H25F3NO5PS/c1-20(25,15-30-31(26,27)28)11-10-19-9-8-18(32-19)7-2-3-12-29-14-16-5-4-6-17(13-16)21(22,23)24/h4-6,8-9,13H,3,10-12,14-15,25H2,1H3,(H2,26,27,28). The van der Waals surface area contributed by atoms with Crippen LogP contribution < -0.4 is 5.73 Å². The van der Waals surface area contributed by atoms with Crippen LogP contribution in [0.5, 0.6) is 0 Å². The summed E-state index contributed by atoms with van der Waals surface area (Å²) >= 11 is 1.49. The third-order valence-corrected chi connectivity index (χ3v) is 5.80. The van der Waals surface area contributed by atoms with Gasteiger partial charge in [-0.2, -0.15) is 13.2 Å². The highest BCUT2D eigenvalue weighted by Crippen LogP contribution is 2.37. The average molecular weight is 491 g/mol. The van der Waals surface area contributed by atoms with Crippen molar-refractivity contribution in [3.05, 3.63) is 57.3 Å². The molecule has 1 unspecified atom stereocenters. The van der Waals surface area contributed by atoms with Crippen LogP contribution in [0.4, 0.5) is 13.2 Å². The van der Waals surface area contributed by atoms with Crippen LogP contribution in [0.15, 0.2) is 36.4 Å². The van der Waals surface area contributed by atoms with E-state index in [4.69, 9.17) is 20.3 Å². The predicted molar refractivity (Wildman–Crippen MR) is 116 cm³/mol. The second kappa shape index (κ2) is 11.4. The van der Waals surface area contributed by atoms with Crippen molar-refractivity contribution in [1.29, 1.82) is 0 Å². The van der Waals surface area contributed by atoms with Crippen molar-refractivity contribution < 1.29 is 36.8 Å². The van der Waals surface area contributed by atoms with Gasteiger partial charge in [-0.25, -0.2) is 4.57 Å². The molecule has 0 saturated carbocycles. The first kappa shape index (κ1) is 26.6. The topological polar surface area (TPSA) is 102 Å². The molecule has 2 aromatic rings. The van der Waals surface area contributed by atoms with Crippen LogP contribution >= 0.6 is 19.2 Å². The molecule has 0 aliphatic carbocycles. The highest BCUT2D eigenvalue weighted by molar-refractivity contribution is 7.46. The Kier molecular flexibility index (Phi) is 9.49. The van der Waals surface area contributed by atoms with Crippen molar-refractivity contribution in [2.24, 2.45) is 5.73 Å². The Hall–Kier alpha value is -1.70. The molecule has 4 N–H and O–H groups in total. The molecule has 0 saturated heterocycles. The monoisotopic (exact) mass is 491 g/mol. The van der Waals surface area contributed by atoms with Gasteiger partial charge >= 0.3 is 14.0 Å². The van der Waals surface area contributed by atoms with Crippen LogP contribution in [0, 0.1) is 11.8 Å². The molecule has 1 aromatic carbocycles. The Balaban J connectivity index is 1.73. The fourth-order valence-electron chi connectivity index (χ4n) is 2.59. The quantitative estimate of drug-likeness (QED) is 0.257. The minimum Gasteiger partial charge on any atom is -0.376 e. The van der Waals surface area contributed by atoms with E-state index in [2.05, 4.69) is 16.4 Å². The third-order valence-electron chi connectivity index (χ3n) is 4.27. The number of aryl methyl sites for hydroxylation is 1. The largest absolute Gasteiger partial charge is 0.469 e. The Bertz CT molecular complexity index is 991. The van der Waals surface area contributed by atoms with Crippen LogP contribution in [-0.4, -0.2) is 28.5 Å². The molecule has 0 fully saturated rings. The highest BCUT2D eigenvalue weighted by Gasteiger charge is 2.30. The molecule has 0 spiro atoms. The van der Waals surface area contributed by atoms with Gasteiger partial charge in [-0.1, -0.05) is 24.0 Å². The highest BCUT2D eigenvalue weighted by atomic mass is 32.1. The second-order valence-electron chi connectivity index (χ2n) is 7.49. The summed E-state index contributed by atoms with van der Waals surface area (Å²) in [4.78, 5) is 19.4. The molecule has 0 aliphatic rings. The third kappa shape index (κ3) is 10.3. The number of halogens is 3. The van der Waals surface area contributed by atoms with Gasteiger partial charge in [0.05, 0.1) is 30.3 Å². The number of thiophene rings is 1. The SMILES string of the molecule is CC(N)(CCc1ccc(C#CCCOCc2cccc(C(F)(F)F)c2)s1)COP(=O)(O)O. The zero-order valence-electron chi connectivity index (χ0n) is 17.4. The average Bonchev–Trinajstić information content (AvgIpc) is 3.15. The number of benzene rings is 1. The first-order chi connectivity index (χ1) is 14.8. The van der Waals surface area contributed by atoms with E-state index in [9.17, 15) is 17.7 Å². The number of hydrogen-bond donors (Lipinski definition) is 3. The molecule has 32 heavy (non-hydrogen) atoms. The Morgan fingerprint density at radius 1 is 1.22 bits per heavy atom. The number of phosphoric ester groups is 1. The minimum absolute atomic E-state index is 0.0817. The minimum atomic E-state index is -4.55. The van der Waals surface area contributed by atoms with Gasteiger partial charge in [-0.3, -0.25) is 4.52 Å². The first-order valence-corrected chi connectivity index (χ1v) is 12.0. The molecule has 0 amide bonds. The van der Waals surface area contributed by atoms with E-state index in [1.54, 1.807) is 13.0 Å². The van der Waals surface area contributed by atoms with E-state index < -0.39 is 25.1 Å². The maximum atomic E-state index is 12.7. The van der Waals surface area contributed by atoms with Crippen LogP contribution in [0.3, 0.4) is 0 Å². The predicted octanol–water partition coefficient (Wildman–Crippen LogP) is 4.48. The van der Waals surface area contributed by atoms with E-state index in [1.165, 1.54) is 17.4 Å². The van der Waals surface area contributed by atoms with Gasteiger partial charge in [0, 0.05) is 16.8 Å². The number of rotatable bonds is 10. The lowest BCUT2D eigenvalue weighted by Gasteiger charge is -2.24. The van der Waals surface area contributed by atoms with E-state index in [0.717, 1.165) is 21.9 Å². The number of phosphoric acid groups is 1. The summed E-state index contributed by atoms with van der Waals surface area (Å²) in [5.41, 5.74) is 4.89. The van der Waals surface area contributed by atoms with E-state index in [-0.39, 0.29) is 13.2 Å². The fourth-order valence-corrected chi connectivity index (χ4v) is 3.94. The summed E-state index contributed by atoms with van der Waals surface area (Å²) in [6.07, 6.45) is -2.85. The van der Waals surface area contributed by atoms with Gasteiger partial charge in [-0.15, -0.1) is 11.3 Å². The van der Waals surface area contributed by atoms with Crippen molar-refractivity contribution >= 4 is 19.2 Å². The zero-order chi connectivity index (χ0) is 23.8. The summed E-state index contributed by atoms with van der Waals surface area (Å²) in [7, 11) is -4.55. The molecular weight excluding hydrogens is 466 g/mol. The van der Waals surface area contributed by atoms with Gasteiger partial charge < -0.3 is 20.3 Å². The van der Waals surface area contributed by atoms with Gasteiger partial charge in [0.15, 0.2) is 0 Å². The Labute approximate surface area is 188 Å². The molecule has 0 bridgehead atoms. The van der Waals surface area contributed by atoms with Gasteiger partial charge in [0.25, 0.3) is 0 Å². The summed E-state index contributed by atoms with van der Waals surface area (Å²) < 4.78 is 58.8. The van der Waals surface area contributed by atoms with Crippen LogP contribution in [0.25, 0.3) is 0 Å². The molecular formula is C21H25F3NO5PS. The normalized spacial score (nSPS) is 14.0. The zero-order valence-corrected chi connectivity index (χ0v) is 19.1. The molecule has 1 aromatic heterocycles. The number of nitrogens with two attached hydrogens (primary N) is 1. The van der Waals surface area contributed by atoms with Gasteiger partial charge in [0.1, 0.15) is 0 Å². The lowest BCUT2D eigenvalue weighted by molar-refractivity contribution is -0.137. The van der Waals surface area contributed by atoms with E-state index in [0.29, 0.717) is 31.4 Å². The Morgan fingerprint density at radius 3 is 2.66 bits per heavy atom.